The third-order valence-corrected chi connectivity index (χ3v) is 3.88. The molecule has 0 spiro atoms. The first-order valence-corrected chi connectivity index (χ1v) is 7.59. The second kappa shape index (κ2) is 7.25. The van der Waals surface area contributed by atoms with Crippen molar-refractivity contribution in [1.82, 2.24) is 9.78 Å². The fraction of sp³-hybridized carbons (Fsp3) is 0.471. The quantitative estimate of drug-likeness (QED) is 0.840. The summed E-state index contributed by atoms with van der Waals surface area (Å²) in [5.41, 5.74) is 9.81. The Hall–Kier alpha value is -1.61. The summed E-state index contributed by atoms with van der Waals surface area (Å²) in [4.78, 5) is 0. The zero-order valence-electron chi connectivity index (χ0n) is 12.5. The van der Waals surface area contributed by atoms with Gasteiger partial charge in [-0.3, -0.25) is 4.68 Å². The molecule has 0 bridgehead atoms. The number of aryl methyl sites for hydroxylation is 3. The van der Waals surface area contributed by atoms with Crippen molar-refractivity contribution in [2.45, 2.75) is 45.6 Å². The van der Waals surface area contributed by atoms with Crippen LogP contribution in [0.2, 0.25) is 0 Å². The summed E-state index contributed by atoms with van der Waals surface area (Å²) < 4.78 is 2.12. The van der Waals surface area contributed by atoms with E-state index < -0.39 is 0 Å². The van der Waals surface area contributed by atoms with Gasteiger partial charge in [0.25, 0.3) is 0 Å². The first-order chi connectivity index (χ1) is 9.78. The molecular weight excluding hydrogens is 246 g/mol. The summed E-state index contributed by atoms with van der Waals surface area (Å²) in [7, 11) is 0. The van der Waals surface area contributed by atoms with Gasteiger partial charge in [-0.05, 0) is 50.3 Å². The molecule has 0 aliphatic carbocycles. The predicted molar refractivity (Wildman–Crippen MR) is 83.8 cm³/mol. The van der Waals surface area contributed by atoms with Gasteiger partial charge in [-0.15, -0.1) is 0 Å². The monoisotopic (exact) mass is 271 g/mol. The molecule has 1 aromatic carbocycles. The third-order valence-electron chi connectivity index (χ3n) is 3.88. The maximum absolute atomic E-state index is 5.95. The van der Waals surface area contributed by atoms with Crippen LogP contribution in [0.4, 0.5) is 0 Å². The lowest BCUT2D eigenvalue weighted by molar-refractivity contribution is 0.572. The number of rotatable bonds is 7. The summed E-state index contributed by atoms with van der Waals surface area (Å²) in [6, 6.07) is 12.8. The number of nitrogens with zero attached hydrogens (tertiary/aromatic N) is 2. The molecule has 0 saturated carbocycles. The molecular formula is C17H25N3. The van der Waals surface area contributed by atoms with Crippen LogP contribution >= 0.6 is 0 Å². The highest BCUT2D eigenvalue weighted by Crippen LogP contribution is 2.21. The zero-order chi connectivity index (χ0) is 14.4. The van der Waals surface area contributed by atoms with E-state index in [1.807, 2.05) is 0 Å². The minimum atomic E-state index is 0.432. The number of benzene rings is 1. The molecule has 1 heterocycles. The van der Waals surface area contributed by atoms with Crippen molar-refractivity contribution in [3.8, 4) is 0 Å². The van der Waals surface area contributed by atoms with E-state index in [-0.39, 0.29) is 0 Å². The van der Waals surface area contributed by atoms with Gasteiger partial charge in [-0.25, -0.2) is 0 Å². The fourth-order valence-electron chi connectivity index (χ4n) is 2.63. The van der Waals surface area contributed by atoms with Gasteiger partial charge in [-0.2, -0.15) is 5.10 Å². The van der Waals surface area contributed by atoms with E-state index in [0.29, 0.717) is 12.5 Å². The maximum atomic E-state index is 5.95. The van der Waals surface area contributed by atoms with Crippen molar-refractivity contribution in [1.29, 1.82) is 0 Å². The van der Waals surface area contributed by atoms with Crippen LogP contribution in [-0.4, -0.2) is 16.3 Å². The van der Waals surface area contributed by atoms with E-state index in [9.17, 15) is 0 Å². The van der Waals surface area contributed by atoms with Gasteiger partial charge >= 0.3 is 0 Å². The van der Waals surface area contributed by atoms with Crippen molar-refractivity contribution in [3.05, 3.63) is 53.3 Å². The minimum absolute atomic E-state index is 0.432. The van der Waals surface area contributed by atoms with Gasteiger partial charge in [0.2, 0.25) is 0 Å². The molecule has 0 aliphatic rings. The summed E-state index contributed by atoms with van der Waals surface area (Å²) in [5, 5.41) is 4.61. The lowest BCUT2D eigenvalue weighted by Crippen LogP contribution is -2.14. The van der Waals surface area contributed by atoms with E-state index in [1.54, 1.807) is 0 Å². The van der Waals surface area contributed by atoms with Crippen LogP contribution in [-0.2, 0) is 19.4 Å². The predicted octanol–water partition coefficient (Wildman–Crippen LogP) is 3.14. The molecule has 1 aromatic heterocycles. The molecule has 0 radical (unpaired) electrons. The van der Waals surface area contributed by atoms with Crippen molar-refractivity contribution in [2.75, 3.05) is 6.54 Å². The Bertz CT molecular complexity index is 516. The highest BCUT2D eigenvalue weighted by molar-refractivity contribution is 5.20. The van der Waals surface area contributed by atoms with E-state index in [4.69, 9.17) is 5.73 Å². The Labute approximate surface area is 121 Å². The Balaban J connectivity index is 2.05. The molecule has 1 unspecified atom stereocenters. The van der Waals surface area contributed by atoms with Crippen molar-refractivity contribution < 1.29 is 0 Å². The zero-order valence-corrected chi connectivity index (χ0v) is 12.5. The Morgan fingerprint density at radius 2 is 1.95 bits per heavy atom. The molecule has 108 valence electrons. The lowest BCUT2D eigenvalue weighted by atomic mass is 9.93. The number of hydrogen-bond acceptors (Lipinski definition) is 2. The average molecular weight is 271 g/mol. The van der Waals surface area contributed by atoms with E-state index in [1.165, 1.54) is 17.0 Å². The second-order valence-electron chi connectivity index (χ2n) is 5.18. The molecule has 2 rings (SSSR count). The van der Waals surface area contributed by atoms with Crippen molar-refractivity contribution >= 4 is 0 Å². The number of nitrogens with two attached hydrogens (primary N) is 1. The lowest BCUT2D eigenvalue weighted by Gasteiger charge is -2.15. The molecule has 1 atom stereocenters. The topological polar surface area (TPSA) is 43.8 Å². The van der Waals surface area contributed by atoms with Gasteiger partial charge in [0.05, 0.1) is 5.69 Å². The van der Waals surface area contributed by atoms with Crippen molar-refractivity contribution in [3.63, 3.8) is 0 Å². The molecule has 2 aromatic rings. The Morgan fingerprint density at radius 3 is 2.55 bits per heavy atom. The van der Waals surface area contributed by atoms with Gasteiger partial charge in [0.15, 0.2) is 0 Å². The molecule has 0 fully saturated rings. The Morgan fingerprint density at radius 1 is 1.20 bits per heavy atom. The van der Waals surface area contributed by atoms with Crippen LogP contribution in [0.15, 0.2) is 36.4 Å². The van der Waals surface area contributed by atoms with E-state index in [2.05, 4.69) is 60.0 Å². The summed E-state index contributed by atoms with van der Waals surface area (Å²) in [5.74, 6) is 0.432. The second-order valence-corrected chi connectivity index (χ2v) is 5.18. The highest BCUT2D eigenvalue weighted by Gasteiger charge is 2.12. The average Bonchev–Trinajstić information content (AvgIpc) is 2.91. The largest absolute Gasteiger partial charge is 0.330 e. The SMILES string of the molecule is CCc1cc(CCC(CN)c2ccccc2)n(CC)n1. The van der Waals surface area contributed by atoms with Gasteiger partial charge in [-0.1, -0.05) is 37.3 Å². The maximum Gasteiger partial charge on any atom is 0.0624 e. The molecule has 3 heteroatoms. The highest BCUT2D eigenvalue weighted by atomic mass is 15.3. The van der Waals surface area contributed by atoms with Crippen LogP contribution in [0.3, 0.4) is 0 Å². The van der Waals surface area contributed by atoms with Crippen LogP contribution < -0.4 is 5.73 Å². The first kappa shape index (κ1) is 14.8. The Kier molecular flexibility index (Phi) is 5.36. The summed E-state index contributed by atoms with van der Waals surface area (Å²) in [6.07, 6.45) is 3.12. The van der Waals surface area contributed by atoms with Crippen LogP contribution in [0, 0.1) is 0 Å². The van der Waals surface area contributed by atoms with Crippen molar-refractivity contribution in [2.24, 2.45) is 5.73 Å². The normalized spacial score (nSPS) is 12.6. The molecule has 0 amide bonds. The standard InChI is InChI=1S/C17H25N3/c1-3-16-12-17(20(4-2)19-16)11-10-15(13-18)14-8-6-5-7-9-14/h5-9,12,15H,3-4,10-11,13,18H2,1-2H3. The minimum Gasteiger partial charge on any atom is -0.330 e. The molecule has 3 nitrogen and oxygen atoms in total. The van der Waals surface area contributed by atoms with E-state index in [0.717, 1.165) is 25.8 Å². The molecule has 0 aliphatic heterocycles. The third kappa shape index (κ3) is 3.48. The summed E-state index contributed by atoms with van der Waals surface area (Å²) >= 11 is 0. The molecule has 2 N–H and O–H groups in total. The van der Waals surface area contributed by atoms with Gasteiger partial charge < -0.3 is 5.73 Å². The number of hydrogen-bond donors (Lipinski definition) is 1. The van der Waals surface area contributed by atoms with Crippen LogP contribution in [0.25, 0.3) is 0 Å². The first-order valence-electron chi connectivity index (χ1n) is 7.59. The summed E-state index contributed by atoms with van der Waals surface area (Å²) in [6.45, 7) is 5.94. The smallest absolute Gasteiger partial charge is 0.0624 e. The number of aromatic nitrogens is 2. The molecule has 20 heavy (non-hydrogen) atoms. The van der Waals surface area contributed by atoms with E-state index >= 15 is 0 Å². The van der Waals surface area contributed by atoms with Gasteiger partial charge in [0.1, 0.15) is 0 Å². The van der Waals surface area contributed by atoms with Gasteiger partial charge in [0, 0.05) is 12.2 Å². The van der Waals surface area contributed by atoms with Crippen LogP contribution in [0.1, 0.15) is 43.1 Å². The van der Waals surface area contributed by atoms with Crippen LogP contribution in [0.5, 0.6) is 0 Å². The molecule has 0 saturated heterocycles. The fourth-order valence-corrected chi connectivity index (χ4v) is 2.63.